The number of imidazole rings is 1. The molecule has 1 N–H and O–H groups in total. The average molecular weight is 338 g/mol. The summed E-state index contributed by atoms with van der Waals surface area (Å²) in [5, 5.41) is 3.73. The van der Waals surface area contributed by atoms with E-state index in [9.17, 15) is 4.79 Å². The van der Waals surface area contributed by atoms with E-state index >= 15 is 0 Å². The molecule has 0 aliphatic heterocycles. The molecule has 4 nitrogen and oxygen atoms in total. The first-order valence-corrected chi connectivity index (χ1v) is 8.24. The molecule has 2 atom stereocenters. The quantitative estimate of drug-likeness (QED) is 0.773. The molecule has 3 aromatic rings. The Morgan fingerprint density at radius 2 is 1.96 bits per heavy atom. The molecule has 1 aliphatic carbocycles. The maximum Gasteiger partial charge on any atom is 0.228 e. The van der Waals surface area contributed by atoms with E-state index in [1.54, 1.807) is 12.5 Å². The van der Waals surface area contributed by atoms with Crippen molar-refractivity contribution in [2.45, 2.75) is 12.3 Å². The van der Waals surface area contributed by atoms with Crippen LogP contribution in [0.4, 0.5) is 5.69 Å². The zero-order chi connectivity index (χ0) is 16.5. The summed E-state index contributed by atoms with van der Waals surface area (Å²) in [6, 6.07) is 15.5. The van der Waals surface area contributed by atoms with Crippen LogP contribution in [0, 0.1) is 5.92 Å². The van der Waals surface area contributed by atoms with E-state index in [2.05, 4.69) is 10.3 Å². The zero-order valence-electron chi connectivity index (χ0n) is 12.9. The van der Waals surface area contributed by atoms with E-state index in [-0.39, 0.29) is 17.7 Å². The van der Waals surface area contributed by atoms with Gasteiger partial charge in [0, 0.05) is 34.7 Å². The molecule has 1 aliphatic rings. The molecular weight excluding hydrogens is 322 g/mol. The second-order valence-electron chi connectivity index (χ2n) is 5.98. The molecule has 0 spiro atoms. The molecule has 0 saturated heterocycles. The highest BCUT2D eigenvalue weighted by Gasteiger charge is 2.44. The van der Waals surface area contributed by atoms with Gasteiger partial charge in [0.1, 0.15) is 0 Å². The van der Waals surface area contributed by atoms with E-state index in [4.69, 9.17) is 11.6 Å². The Kier molecular flexibility index (Phi) is 3.82. The van der Waals surface area contributed by atoms with Crippen molar-refractivity contribution in [2.24, 2.45) is 5.92 Å². The molecule has 1 heterocycles. The van der Waals surface area contributed by atoms with Crippen LogP contribution in [0.2, 0.25) is 5.02 Å². The van der Waals surface area contributed by atoms with Crippen LogP contribution in [0.15, 0.2) is 67.3 Å². The summed E-state index contributed by atoms with van der Waals surface area (Å²) < 4.78 is 1.92. The minimum Gasteiger partial charge on any atom is -0.326 e. The van der Waals surface area contributed by atoms with E-state index in [0.29, 0.717) is 0 Å². The highest BCUT2D eigenvalue weighted by atomic mass is 35.5. The molecule has 24 heavy (non-hydrogen) atoms. The average Bonchev–Trinajstić information content (AvgIpc) is 3.20. The minimum atomic E-state index is -0.00164. The number of anilines is 1. The zero-order valence-corrected chi connectivity index (χ0v) is 13.6. The van der Waals surface area contributed by atoms with Crippen LogP contribution < -0.4 is 5.32 Å². The van der Waals surface area contributed by atoms with Gasteiger partial charge in [-0.25, -0.2) is 4.98 Å². The van der Waals surface area contributed by atoms with E-state index < -0.39 is 0 Å². The number of aromatic nitrogens is 2. The van der Waals surface area contributed by atoms with Crippen molar-refractivity contribution < 1.29 is 4.79 Å². The van der Waals surface area contributed by atoms with Crippen LogP contribution in [0.3, 0.4) is 0 Å². The second kappa shape index (κ2) is 6.13. The Labute approximate surface area is 145 Å². The Hall–Kier alpha value is -2.59. The van der Waals surface area contributed by atoms with E-state index in [1.807, 2.05) is 59.3 Å². The van der Waals surface area contributed by atoms with Gasteiger partial charge in [-0.3, -0.25) is 4.79 Å². The van der Waals surface area contributed by atoms with Crippen LogP contribution >= 0.6 is 11.6 Å². The summed E-state index contributed by atoms with van der Waals surface area (Å²) in [6.45, 7) is 0. The minimum absolute atomic E-state index is 0.00164. The van der Waals surface area contributed by atoms with Gasteiger partial charge in [-0.1, -0.05) is 29.8 Å². The Morgan fingerprint density at radius 3 is 2.67 bits per heavy atom. The van der Waals surface area contributed by atoms with Crippen molar-refractivity contribution in [3.8, 4) is 5.69 Å². The third-order valence-electron chi connectivity index (χ3n) is 4.37. The van der Waals surface area contributed by atoms with E-state index in [0.717, 1.165) is 28.4 Å². The summed E-state index contributed by atoms with van der Waals surface area (Å²) in [5.74, 6) is 0.275. The van der Waals surface area contributed by atoms with E-state index in [1.165, 1.54) is 0 Å². The lowest BCUT2D eigenvalue weighted by Gasteiger charge is -2.07. The highest BCUT2D eigenvalue weighted by molar-refractivity contribution is 6.31. The number of hydrogen-bond acceptors (Lipinski definition) is 2. The summed E-state index contributed by atoms with van der Waals surface area (Å²) in [4.78, 5) is 16.4. The van der Waals surface area contributed by atoms with Crippen molar-refractivity contribution in [2.75, 3.05) is 5.32 Å². The number of nitrogens with one attached hydrogen (secondary N) is 1. The lowest BCUT2D eigenvalue weighted by atomic mass is 10.1. The summed E-state index contributed by atoms with van der Waals surface area (Å²) in [5.41, 5.74) is 2.87. The maximum atomic E-state index is 12.4. The first-order chi connectivity index (χ1) is 11.7. The standard InChI is InChI=1S/C19H16ClN3O/c20-18-4-2-1-3-15(18)16-11-17(16)19(24)22-13-5-7-14(8-6-13)23-10-9-21-12-23/h1-10,12,16-17H,11H2,(H,22,24). The van der Waals surface area contributed by atoms with Gasteiger partial charge < -0.3 is 9.88 Å². The molecule has 1 fully saturated rings. The lowest BCUT2D eigenvalue weighted by Crippen LogP contribution is -2.14. The molecule has 2 aromatic carbocycles. The molecule has 2 unspecified atom stereocenters. The number of amides is 1. The number of carbonyl (C=O) groups is 1. The molecule has 1 amide bonds. The molecule has 0 bridgehead atoms. The predicted molar refractivity (Wildman–Crippen MR) is 94.5 cm³/mol. The Morgan fingerprint density at radius 1 is 1.17 bits per heavy atom. The predicted octanol–water partition coefficient (Wildman–Crippen LogP) is 4.27. The van der Waals surface area contributed by atoms with Crippen LogP contribution in [0.25, 0.3) is 5.69 Å². The number of hydrogen-bond donors (Lipinski definition) is 1. The summed E-state index contributed by atoms with van der Waals surface area (Å²) in [6.07, 6.45) is 6.21. The molecule has 1 aromatic heterocycles. The van der Waals surface area contributed by atoms with Gasteiger partial charge in [0.05, 0.1) is 6.33 Å². The number of benzene rings is 2. The van der Waals surface area contributed by atoms with Gasteiger partial charge >= 0.3 is 0 Å². The van der Waals surface area contributed by atoms with Crippen LogP contribution in [-0.4, -0.2) is 15.5 Å². The number of rotatable bonds is 4. The van der Waals surface area contributed by atoms with Gasteiger partial charge in [-0.05, 0) is 48.2 Å². The topological polar surface area (TPSA) is 46.9 Å². The molecule has 5 heteroatoms. The summed E-state index contributed by atoms with van der Waals surface area (Å²) in [7, 11) is 0. The first kappa shape index (κ1) is 15.0. The molecule has 120 valence electrons. The van der Waals surface area contributed by atoms with Gasteiger partial charge in [0.15, 0.2) is 0 Å². The fourth-order valence-electron chi connectivity index (χ4n) is 2.97. The molecule has 1 saturated carbocycles. The molecule has 4 rings (SSSR count). The van der Waals surface area contributed by atoms with Gasteiger partial charge in [0.25, 0.3) is 0 Å². The van der Waals surface area contributed by atoms with Crippen molar-refractivity contribution in [1.82, 2.24) is 9.55 Å². The van der Waals surface area contributed by atoms with Crippen LogP contribution in [0.5, 0.6) is 0 Å². The highest BCUT2D eigenvalue weighted by Crippen LogP contribution is 2.49. The van der Waals surface area contributed by atoms with Crippen molar-refractivity contribution in [3.05, 3.63) is 77.8 Å². The normalized spacial score (nSPS) is 19.0. The Balaban J connectivity index is 1.41. The molecule has 0 radical (unpaired) electrons. The Bertz CT molecular complexity index is 859. The summed E-state index contributed by atoms with van der Waals surface area (Å²) >= 11 is 6.22. The van der Waals surface area contributed by atoms with Crippen LogP contribution in [0.1, 0.15) is 17.9 Å². The molecular formula is C19H16ClN3O. The van der Waals surface area contributed by atoms with Gasteiger partial charge in [-0.15, -0.1) is 0 Å². The lowest BCUT2D eigenvalue weighted by molar-refractivity contribution is -0.117. The van der Waals surface area contributed by atoms with Gasteiger partial charge in [0.2, 0.25) is 5.91 Å². The third-order valence-corrected chi connectivity index (χ3v) is 4.71. The fraction of sp³-hybridized carbons (Fsp3) is 0.158. The van der Waals surface area contributed by atoms with Crippen molar-refractivity contribution in [1.29, 1.82) is 0 Å². The number of halogens is 1. The SMILES string of the molecule is O=C(Nc1ccc(-n2ccnc2)cc1)C1CC1c1ccccc1Cl. The largest absolute Gasteiger partial charge is 0.326 e. The van der Waals surface area contributed by atoms with Crippen LogP contribution in [-0.2, 0) is 4.79 Å². The fourth-order valence-corrected chi connectivity index (χ4v) is 3.24. The maximum absolute atomic E-state index is 12.4. The second-order valence-corrected chi connectivity index (χ2v) is 6.38. The third kappa shape index (κ3) is 2.93. The first-order valence-electron chi connectivity index (χ1n) is 7.86. The number of nitrogens with zero attached hydrogens (tertiary/aromatic N) is 2. The van der Waals surface area contributed by atoms with Crippen molar-refractivity contribution >= 4 is 23.2 Å². The monoisotopic (exact) mass is 337 g/mol. The van der Waals surface area contributed by atoms with Gasteiger partial charge in [-0.2, -0.15) is 0 Å². The smallest absolute Gasteiger partial charge is 0.228 e. The van der Waals surface area contributed by atoms with Crippen molar-refractivity contribution in [3.63, 3.8) is 0 Å². The number of carbonyl (C=O) groups excluding carboxylic acids is 1.